The summed E-state index contributed by atoms with van der Waals surface area (Å²) < 4.78 is 0. The molecule has 0 heterocycles. The molecule has 0 spiro atoms. The average Bonchev–Trinajstić information content (AvgIpc) is 1.25. The summed E-state index contributed by atoms with van der Waals surface area (Å²) in [5.41, 5.74) is 13.9. The van der Waals surface area contributed by atoms with E-state index < -0.39 is 0 Å². The quantitative estimate of drug-likeness (QED) is 0.379. The van der Waals surface area contributed by atoms with E-state index in [0.717, 1.165) is 0 Å². The fourth-order valence-corrected chi connectivity index (χ4v) is 0. The Bertz CT molecular complexity index is 27.6. The predicted molar refractivity (Wildman–Crippen MR) is 59.5 cm³/mol. The largest absolute Gasteiger partial charge is 2.00 e. The zero-order valence-corrected chi connectivity index (χ0v) is 15.2. The van der Waals surface area contributed by atoms with Gasteiger partial charge in [0.25, 0.3) is 0 Å². The summed E-state index contributed by atoms with van der Waals surface area (Å²) in [4.78, 5) is 0. The molecule has 0 saturated carbocycles. The predicted octanol–water partition coefficient (Wildman–Crippen LogP) is 3.64. The Balaban J connectivity index is -0.0000000171. The van der Waals surface area contributed by atoms with E-state index in [2.05, 4.69) is 34.3 Å². The van der Waals surface area contributed by atoms with Crippen LogP contribution in [0, 0.1) is 14.9 Å². The maximum absolute atomic E-state index is 2.31. The maximum atomic E-state index is 2.31. The zero-order chi connectivity index (χ0) is 7.15. The van der Waals surface area contributed by atoms with Crippen molar-refractivity contribution in [2.24, 2.45) is 0 Å². The minimum absolute atomic E-state index is 0. The van der Waals surface area contributed by atoms with Crippen LogP contribution in [0.4, 0.5) is 0 Å². The van der Waals surface area contributed by atoms with E-state index in [9.17, 15) is 0 Å². The molecule has 0 aliphatic heterocycles. The van der Waals surface area contributed by atoms with Crippen LogP contribution in [0.3, 0.4) is 0 Å². The fourth-order valence-electron chi connectivity index (χ4n) is 0. The molecule has 0 N–H and O–H groups in total. The summed E-state index contributed by atoms with van der Waals surface area (Å²) >= 11 is -0.375. The van der Waals surface area contributed by atoms with Crippen molar-refractivity contribution in [2.75, 3.05) is 0 Å². The van der Waals surface area contributed by atoms with Crippen molar-refractivity contribution in [3.63, 3.8) is 0 Å². The van der Waals surface area contributed by atoms with E-state index in [-0.39, 0.29) is 65.2 Å². The van der Waals surface area contributed by atoms with Crippen LogP contribution < -0.4 is 0 Å². The third-order valence-corrected chi connectivity index (χ3v) is 0. The molecule has 0 aliphatic rings. The first-order valence-electron chi connectivity index (χ1n) is 2.68. The molecule has 0 bridgehead atoms. The summed E-state index contributed by atoms with van der Waals surface area (Å²) in [6.07, 6.45) is 0. The second-order valence-corrected chi connectivity index (χ2v) is 13.9. The Hall–Kier alpha value is 1.81. The van der Waals surface area contributed by atoms with Crippen molar-refractivity contribution in [3.05, 3.63) is 14.9 Å². The van der Waals surface area contributed by atoms with Crippen LogP contribution >= 0.6 is 0 Å². The second-order valence-electron chi connectivity index (χ2n) is 2.68. The standard InChI is InChI=1S/2C3H9As.2CH3.Pt/c2*1-4(2)3;;;/h2*1-3H3;2*1H3;/q;;2*-1;+2. The van der Waals surface area contributed by atoms with Gasteiger partial charge in [-0.1, -0.05) is 0 Å². The van der Waals surface area contributed by atoms with Gasteiger partial charge in [-0.15, -0.1) is 0 Å². The minimum atomic E-state index is -0.188. The van der Waals surface area contributed by atoms with Gasteiger partial charge >= 0.3 is 84.6 Å². The monoisotopic (exact) mass is 465 g/mol. The molecule has 3 heteroatoms. The molecular formula is C8H24As2Pt. The summed E-state index contributed by atoms with van der Waals surface area (Å²) in [5.74, 6) is 0. The molecule has 0 rings (SSSR count). The number of hydrogen-bond acceptors (Lipinski definition) is 0. The molecule has 0 atom stereocenters. The number of rotatable bonds is 0. The van der Waals surface area contributed by atoms with Gasteiger partial charge in [0.05, 0.1) is 0 Å². The van der Waals surface area contributed by atoms with Crippen LogP contribution in [0.1, 0.15) is 0 Å². The molecule has 0 aromatic rings. The van der Waals surface area contributed by atoms with Gasteiger partial charge in [-0.2, -0.15) is 0 Å². The molecule has 0 aliphatic carbocycles. The normalized spacial score (nSPS) is 6.55. The smallest absolute Gasteiger partial charge is 0.358 e. The summed E-state index contributed by atoms with van der Waals surface area (Å²) in [7, 11) is 0. The molecule has 0 aromatic carbocycles. The second kappa shape index (κ2) is 22.6. The van der Waals surface area contributed by atoms with Gasteiger partial charge in [0.15, 0.2) is 0 Å². The van der Waals surface area contributed by atoms with Crippen molar-refractivity contribution in [1.82, 2.24) is 0 Å². The van der Waals surface area contributed by atoms with Gasteiger partial charge in [0.1, 0.15) is 0 Å². The van der Waals surface area contributed by atoms with Crippen molar-refractivity contribution < 1.29 is 21.1 Å². The molecule has 0 aromatic heterocycles. The molecule has 0 radical (unpaired) electrons. The molecule has 0 amide bonds. The Kier molecular flexibility index (Phi) is 60.2. The first-order valence-corrected chi connectivity index (χ1v) is 13.9. The number of hydrogen-bond donors (Lipinski definition) is 0. The summed E-state index contributed by atoms with van der Waals surface area (Å²) in [6.45, 7) is 0. The first kappa shape index (κ1) is 29.3. The Morgan fingerprint density at radius 2 is 0.545 bits per heavy atom. The molecule has 0 fully saturated rings. The van der Waals surface area contributed by atoms with E-state index in [1.165, 1.54) is 0 Å². The summed E-state index contributed by atoms with van der Waals surface area (Å²) in [5, 5.41) is 0. The van der Waals surface area contributed by atoms with Gasteiger partial charge in [0, 0.05) is 0 Å². The Morgan fingerprint density at radius 3 is 0.545 bits per heavy atom. The van der Waals surface area contributed by atoms with Crippen LogP contribution in [-0.4, -0.2) is 29.3 Å². The molecule has 11 heavy (non-hydrogen) atoms. The topological polar surface area (TPSA) is 0 Å². The molecular weight excluding hydrogens is 441 g/mol. The van der Waals surface area contributed by atoms with E-state index in [0.29, 0.717) is 0 Å². The van der Waals surface area contributed by atoms with Gasteiger partial charge in [-0.05, 0) is 0 Å². The van der Waals surface area contributed by atoms with Crippen molar-refractivity contribution >= 4 is 29.3 Å². The fraction of sp³-hybridized carbons (Fsp3) is 0.750. The van der Waals surface area contributed by atoms with Gasteiger partial charge in [-0.3, -0.25) is 0 Å². The van der Waals surface area contributed by atoms with Gasteiger partial charge < -0.3 is 14.9 Å². The first-order chi connectivity index (χ1) is 3.46. The zero-order valence-electron chi connectivity index (χ0n) is 9.21. The van der Waals surface area contributed by atoms with Crippen LogP contribution in [-0.2, 0) is 21.1 Å². The molecule has 0 nitrogen and oxygen atoms in total. The van der Waals surface area contributed by atoms with Crippen LogP contribution in [0.2, 0.25) is 34.3 Å². The molecule has 76 valence electrons. The summed E-state index contributed by atoms with van der Waals surface area (Å²) in [6, 6.07) is 0. The Labute approximate surface area is 98.7 Å². The Morgan fingerprint density at radius 1 is 0.545 bits per heavy atom. The van der Waals surface area contributed by atoms with E-state index in [4.69, 9.17) is 0 Å². The molecule has 0 saturated heterocycles. The molecule has 0 unspecified atom stereocenters. The average molecular weight is 465 g/mol. The van der Waals surface area contributed by atoms with Crippen LogP contribution in [0.25, 0.3) is 0 Å². The van der Waals surface area contributed by atoms with Crippen molar-refractivity contribution in [3.8, 4) is 0 Å². The van der Waals surface area contributed by atoms with Crippen LogP contribution in [0.15, 0.2) is 0 Å². The van der Waals surface area contributed by atoms with Crippen molar-refractivity contribution in [2.45, 2.75) is 34.3 Å². The third kappa shape index (κ3) is 348. The van der Waals surface area contributed by atoms with E-state index >= 15 is 0 Å². The maximum Gasteiger partial charge on any atom is 2.00 e. The third-order valence-electron chi connectivity index (χ3n) is 0. The van der Waals surface area contributed by atoms with Gasteiger partial charge in [0.2, 0.25) is 0 Å². The van der Waals surface area contributed by atoms with Gasteiger partial charge in [-0.25, -0.2) is 0 Å². The minimum Gasteiger partial charge on any atom is -0.358 e. The SMILES string of the molecule is C[As](C)C.C[As](C)C.[CH3-].[CH3-].[Pt+2]. The van der Waals surface area contributed by atoms with E-state index in [1.54, 1.807) is 0 Å². The van der Waals surface area contributed by atoms with Crippen LogP contribution in [0.5, 0.6) is 0 Å². The van der Waals surface area contributed by atoms with E-state index in [1.807, 2.05) is 0 Å². The van der Waals surface area contributed by atoms with Crippen molar-refractivity contribution in [1.29, 1.82) is 0 Å².